The fourth-order valence-corrected chi connectivity index (χ4v) is 0. The van der Waals surface area contributed by atoms with Gasteiger partial charge in [-0.15, -0.1) is 0 Å². The van der Waals surface area contributed by atoms with Crippen molar-refractivity contribution in [2.24, 2.45) is 0 Å². The molecule has 0 aliphatic rings. The first-order valence-electron chi connectivity index (χ1n) is 1.30. The second-order valence-electron chi connectivity index (χ2n) is 0.565. The molecule has 9 heavy (non-hydrogen) atoms. The van der Waals surface area contributed by atoms with E-state index in [0.717, 1.165) is 0 Å². The predicted molar refractivity (Wildman–Crippen MR) is 21.3 cm³/mol. The van der Waals surface area contributed by atoms with E-state index in [4.69, 9.17) is 30.0 Å². The molecule has 0 aliphatic heterocycles. The van der Waals surface area contributed by atoms with Gasteiger partial charge in [-0.2, -0.15) is 0 Å². The maximum absolute atomic E-state index is 8.56. The molecule has 0 aromatic carbocycles. The van der Waals surface area contributed by atoms with E-state index in [2.05, 4.69) is 0 Å². The Kier molecular flexibility index (Phi) is 18.3. The second-order valence-corrected chi connectivity index (χ2v) is 0.565. The molecule has 0 aliphatic carbocycles. The molecule has 0 radical (unpaired) electrons. The summed E-state index contributed by atoms with van der Waals surface area (Å²) in [5, 5.41) is 27.9. The maximum Gasteiger partial charge on any atom is 0.503 e. The normalized spacial score (nSPS) is 5.33. The van der Waals surface area contributed by atoms with Gasteiger partial charge in [-0.3, -0.25) is 0 Å². The first kappa shape index (κ1) is 15.8. The molecule has 0 fully saturated rings. The molecule has 7 heteroatoms. The maximum atomic E-state index is 8.56. The topological polar surface area (TPSA) is 115 Å². The van der Waals surface area contributed by atoms with Gasteiger partial charge in [0.1, 0.15) is 0 Å². The van der Waals surface area contributed by atoms with Crippen molar-refractivity contribution < 1.29 is 56.2 Å². The second kappa shape index (κ2) is 10.4. The zero-order valence-corrected chi connectivity index (χ0v) is 6.56. The van der Waals surface area contributed by atoms with E-state index in [9.17, 15) is 0 Å². The van der Waals surface area contributed by atoms with Gasteiger partial charge in [-0.05, 0) is 0 Å². The molecular formula is C2H4O6Zr. The Morgan fingerprint density at radius 1 is 0.778 bits per heavy atom. The minimum absolute atomic E-state index is 0. The van der Waals surface area contributed by atoms with Gasteiger partial charge >= 0.3 is 12.3 Å². The van der Waals surface area contributed by atoms with Gasteiger partial charge in [0, 0.05) is 26.2 Å². The van der Waals surface area contributed by atoms with E-state index in [-0.39, 0.29) is 26.2 Å². The van der Waals surface area contributed by atoms with Crippen LogP contribution in [0.5, 0.6) is 0 Å². The molecule has 0 heterocycles. The summed E-state index contributed by atoms with van der Waals surface area (Å²) >= 11 is 0. The average molecular weight is 215 g/mol. The Hall–Kier alpha value is -0.577. The molecule has 0 aromatic heterocycles. The zero-order chi connectivity index (χ0) is 7.15. The first-order chi connectivity index (χ1) is 3.46. The van der Waals surface area contributed by atoms with Crippen LogP contribution in [-0.4, -0.2) is 32.7 Å². The van der Waals surface area contributed by atoms with Gasteiger partial charge in [-0.1, -0.05) is 0 Å². The third-order valence-corrected chi connectivity index (χ3v) is 0. The molecule has 0 aromatic rings. The van der Waals surface area contributed by atoms with Crippen LogP contribution in [0.15, 0.2) is 0 Å². The summed E-state index contributed by atoms with van der Waals surface area (Å²) in [5.74, 6) is 0. The van der Waals surface area contributed by atoms with Crippen LogP contribution < -0.4 is 0 Å². The van der Waals surface area contributed by atoms with Crippen LogP contribution in [0.4, 0.5) is 9.59 Å². The number of hydrogen-bond donors (Lipinski definition) is 4. The monoisotopic (exact) mass is 214 g/mol. The van der Waals surface area contributed by atoms with Crippen molar-refractivity contribution in [1.29, 1.82) is 0 Å². The van der Waals surface area contributed by atoms with Crippen LogP contribution in [-0.2, 0) is 26.2 Å². The number of carbonyl (C=O) groups is 2. The summed E-state index contributed by atoms with van der Waals surface area (Å²) in [6.45, 7) is 0. The standard InChI is InChI=1S/2CH2O3.Zr/c2*2-1(3)4;/h2*(H2,2,3,4);. The summed E-state index contributed by atoms with van der Waals surface area (Å²) in [6, 6.07) is 0. The Bertz CT molecular complexity index is 69.1. The van der Waals surface area contributed by atoms with Crippen molar-refractivity contribution in [3.63, 3.8) is 0 Å². The smallest absolute Gasteiger partial charge is 0.450 e. The minimum atomic E-state index is -1.83. The van der Waals surface area contributed by atoms with E-state index in [1.807, 2.05) is 0 Å². The van der Waals surface area contributed by atoms with Crippen molar-refractivity contribution in [2.45, 2.75) is 0 Å². The molecule has 0 bridgehead atoms. The van der Waals surface area contributed by atoms with Gasteiger partial charge in [0.2, 0.25) is 0 Å². The molecule has 0 rings (SSSR count). The number of carboxylic acid groups (broad SMARTS) is 4. The van der Waals surface area contributed by atoms with Crippen molar-refractivity contribution in [3.8, 4) is 0 Å². The van der Waals surface area contributed by atoms with Crippen molar-refractivity contribution in [2.75, 3.05) is 0 Å². The van der Waals surface area contributed by atoms with Crippen LogP contribution >= 0.6 is 0 Å². The van der Waals surface area contributed by atoms with Crippen LogP contribution in [0.2, 0.25) is 0 Å². The largest absolute Gasteiger partial charge is 0.503 e. The SMILES string of the molecule is O=C(O)O.O=C(O)O.[Zr]. The molecule has 0 saturated heterocycles. The molecule has 0 spiro atoms. The molecule has 0 unspecified atom stereocenters. The van der Waals surface area contributed by atoms with Crippen LogP contribution in [0.1, 0.15) is 0 Å². The van der Waals surface area contributed by atoms with E-state index in [0.29, 0.717) is 0 Å². The van der Waals surface area contributed by atoms with E-state index < -0.39 is 12.3 Å². The van der Waals surface area contributed by atoms with Crippen LogP contribution in [0.3, 0.4) is 0 Å². The van der Waals surface area contributed by atoms with Gasteiger partial charge < -0.3 is 20.4 Å². The molecule has 4 N–H and O–H groups in total. The van der Waals surface area contributed by atoms with Crippen LogP contribution in [0.25, 0.3) is 0 Å². The fraction of sp³-hybridized carbons (Fsp3) is 0. The van der Waals surface area contributed by atoms with E-state index in [1.54, 1.807) is 0 Å². The number of hydrogen-bond acceptors (Lipinski definition) is 2. The van der Waals surface area contributed by atoms with Crippen molar-refractivity contribution in [1.82, 2.24) is 0 Å². The van der Waals surface area contributed by atoms with E-state index >= 15 is 0 Å². The molecular weight excluding hydrogens is 211 g/mol. The summed E-state index contributed by atoms with van der Waals surface area (Å²) in [4.78, 5) is 17.1. The van der Waals surface area contributed by atoms with Crippen molar-refractivity contribution in [3.05, 3.63) is 0 Å². The molecule has 0 saturated carbocycles. The molecule has 52 valence electrons. The summed E-state index contributed by atoms with van der Waals surface area (Å²) in [7, 11) is 0. The molecule has 6 nitrogen and oxygen atoms in total. The minimum Gasteiger partial charge on any atom is -0.450 e. The van der Waals surface area contributed by atoms with Crippen LogP contribution in [0, 0.1) is 0 Å². The summed E-state index contributed by atoms with van der Waals surface area (Å²) < 4.78 is 0. The molecule has 0 amide bonds. The quantitative estimate of drug-likeness (QED) is 0.466. The first-order valence-corrected chi connectivity index (χ1v) is 1.30. The van der Waals surface area contributed by atoms with Gasteiger partial charge in [-0.25, -0.2) is 9.59 Å². The predicted octanol–water partition coefficient (Wildman–Crippen LogP) is 0.442. The summed E-state index contributed by atoms with van der Waals surface area (Å²) in [6.07, 6.45) is -3.67. The zero-order valence-electron chi connectivity index (χ0n) is 4.11. The van der Waals surface area contributed by atoms with Gasteiger partial charge in [0.15, 0.2) is 0 Å². The fourth-order valence-electron chi connectivity index (χ4n) is 0. The average Bonchev–Trinajstić information content (AvgIpc) is 1.25. The Morgan fingerprint density at radius 2 is 0.778 bits per heavy atom. The van der Waals surface area contributed by atoms with Crippen molar-refractivity contribution >= 4 is 12.3 Å². The third kappa shape index (κ3) is 656. The Morgan fingerprint density at radius 3 is 0.778 bits per heavy atom. The Balaban J connectivity index is -0.0000000720. The van der Waals surface area contributed by atoms with Gasteiger partial charge in [0.25, 0.3) is 0 Å². The Labute approximate surface area is 68.9 Å². The third-order valence-electron chi connectivity index (χ3n) is 0. The summed E-state index contributed by atoms with van der Waals surface area (Å²) in [5.41, 5.74) is 0. The van der Waals surface area contributed by atoms with Gasteiger partial charge in [0.05, 0.1) is 0 Å². The number of rotatable bonds is 0. The molecule has 0 atom stereocenters. The van der Waals surface area contributed by atoms with E-state index in [1.165, 1.54) is 0 Å².